The van der Waals surface area contributed by atoms with Gasteiger partial charge in [0.25, 0.3) is 0 Å². The molecule has 1 fully saturated rings. The Kier molecular flexibility index (Phi) is 5.50. The maximum Gasteiger partial charge on any atom is 0.246 e. The lowest BCUT2D eigenvalue weighted by Crippen LogP contribution is -2.48. The molecule has 0 bridgehead atoms. The topological polar surface area (TPSA) is 60.9 Å². The Morgan fingerprint density at radius 1 is 1.00 bits per heavy atom. The van der Waals surface area contributed by atoms with Gasteiger partial charge >= 0.3 is 0 Å². The fourth-order valence-electron chi connectivity index (χ4n) is 3.17. The Labute approximate surface area is 157 Å². The molecule has 8 heteroatoms. The van der Waals surface area contributed by atoms with Gasteiger partial charge in [0, 0.05) is 38.3 Å². The van der Waals surface area contributed by atoms with Gasteiger partial charge in [-0.1, -0.05) is 6.07 Å². The van der Waals surface area contributed by atoms with E-state index >= 15 is 0 Å². The molecule has 0 spiro atoms. The van der Waals surface area contributed by atoms with E-state index in [0.717, 1.165) is 28.8 Å². The Hall–Kier alpha value is -2.03. The Balaban J connectivity index is 1.70. The largest absolute Gasteiger partial charge is 0.508 e. The average molecular weight is 396 g/mol. The number of phenols is 1. The van der Waals surface area contributed by atoms with Crippen molar-refractivity contribution in [3.8, 4) is 5.75 Å². The maximum atomic E-state index is 13.9. The van der Waals surface area contributed by atoms with E-state index in [1.807, 2.05) is 24.8 Å². The zero-order chi connectivity index (χ0) is 19.8. The van der Waals surface area contributed by atoms with Crippen LogP contribution in [0, 0.1) is 25.5 Å². The number of halogens is 2. The molecule has 1 heterocycles. The number of hydrogen-bond acceptors (Lipinski definition) is 4. The molecule has 0 unspecified atom stereocenters. The maximum absolute atomic E-state index is 13.9. The summed E-state index contributed by atoms with van der Waals surface area (Å²) in [5, 5.41) is 10.1. The van der Waals surface area contributed by atoms with Crippen LogP contribution in [0.2, 0.25) is 0 Å². The molecule has 0 amide bonds. The number of piperazine rings is 1. The molecular weight excluding hydrogens is 374 g/mol. The average Bonchev–Trinajstić information content (AvgIpc) is 2.62. The minimum atomic E-state index is -4.09. The van der Waals surface area contributed by atoms with Crippen molar-refractivity contribution in [3.63, 3.8) is 0 Å². The first-order valence-corrected chi connectivity index (χ1v) is 10.1. The first-order chi connectivity index (χ1) is 12.7. The van der Waals surface area contributed by atoms with Gasteiger partial charge in [-0.25, -0.2) is 17.2 Å². The standard InChI is InChI=1S/C19H22F2N2O3S/c1-13-9-15(18(24)10-14(13)2)12-22-5-7-23(8-6-22)27(25,26)19-11-16(20)3-4-17(19)21/h3-4,9-11,24H,5-8,12H2,1-2H3. The van der Waals surface area contributed by atoms with Crippen molar-refractivity contribution in [3.05, 3.63) is 58.7 Å². The van der Waals surface area contributed by atoms with Crippen LogP contribution in [0.15, 0.2) is 35.2 Å². The summed E-state index contributed by atoms with van der Waals surface area (Å²) < 4.78 is 53.7. The van der Waals surface area contributed by atoms with Gasteiger partial charge in [-0.05, 0) is 49.2 Å². The summed E-state index contributed by atoms with van der Waals surface area (Å²) in [5.41, 5.74) is 2.86. The molecule has 0 aliphatic carbocycles. The predicted octanol–water partition coefficient (Wildman–Crippen LogP) is 2.79. The molecule has 146 valence electrons. The number of sulfonamides is 1. The number of benzene rings is 2. The normalized spacial score (nSPS) is 16.6. The van der Waals surface area contributed by atoms with Crippen LogP contribution < -0.4 is 0 Å². The lowest BCUT2D eigenvalue weighted by molar-refractivity contribution is 0.180. The number of aryl methyl sites for hydroxylation is 2. The van der Waals surface area contributed by atoms with Crippen LogP contribution in [0.25, 0.3) is 0 Å². The zero-order valence-corrected chi connectivity index (χ0v) is 16.1. The lowest BCUT2D eigenvalue weighted by atomic mass is 10.0. The Morgan fingerprint density at radius 2 is 1.63 bits per heavy atom. The van der Waals surface area contributed by atoms with Crippen LogP contribution in [0.1, 0.15) is 16.7 Å². The van der Waals surface area contributed by atoms with Crippen LogP contribution >= 0.6 is 0 Å². The molecule has 27 heavy (non-hydrogen) atoms. The number of nitrogens with zero attached hydrogens (tertiary/aromatic N) is 2. The molecule has 0 atom stereocenters. The molecule has 1 saturated heterocycles. The van der Waals surface area contributed by atoms with Gasteiger partial charge in [-0.3, -0.25) is 4.90 Å². The smallest absolute Gasteiger partial charge is 0.246 e. The van der Waals surface area contributed by atoms with E-state index < -0.39 is 26.6 Å². The van der Waals surface area contributed by atoms with Crippen molar-refractivity contribution in [2.24, 2.45) is 0 Å². The van der Waals surface area contributed by atoms with Gasteiger partial charge in [0.2, 0.25) is 10.0 Å². The fraction of sp³-hybridized carbons (Fsp3) is 0.368. The zero-order valence-electron chi connectivity index (χ0n) is 15.2. The van der Waals surface area contributed by atoms with Crippen LogP contribution in [0.3, 0.4) is 0 Å². The summed E-state index contributed by atoms with van der Waals surface area (Å²) in [6, 6.07) is 6.07. The van der Waals surface area contributed by atoms with Gasteiger partial charge in [0.15, 0.2) is 0 Å². The fourth-order valence-corrected chi connectivity index (χ4v) is 4.67. The van der Waals surface area contributed by atoms with Crippen LogP contribution in [-0.2, 0) is 16.6 Å². The van der Waals surface area contributed by atoms with E-state index in [9.17, 15) is 22.3 Å². The van der Waals surface area contributed by atoms with Gasteiger partial charge in [-0.15, -0.1) is 0 Å². The third-order valence-electron chi connectivity index (χ3n) is 4.93. The predicted molar refractivity (Wildman–Crippen MR) is 98.0 cm³/mol. The number of aromatic hydroxyl groups is 1. The summed E-state index contributed by atoms with van der Waals surface area (Å²) >= 11 is 0. The first kappa shape index (κ1) is 19.7. The Morgan fingerprint density at radius 3 is 2.30 bits per heavy atom. The highest BCUT2D eigenvalue weighted by Crippen LogP contribution is 2.25. The quantitative estimate of drug-likeness (QED) is 0.863. The molecule has 1 aliphatic rings. The molecule has 2 aromatic carbocycles. The van der Waals surface area contributed by atoms with Crippen molar-refractivity contribution >= 4 is 10.0 Å². The summed E-state index contributed by atoms with van der Waals surface area (Å²) in [6.07, 6.45) is 0. The van der Waals surface area contributed by atoms with Crippen molar-refractivity contribution in [2.75, 3.05) is 26.2 Å². The summed E-state index contributed by atoms with van der Waals surface area (Å²) in [5.74, 6) is -1.53. The third kappa shape index (κ3) is 4.12. The van der Waals surface area contributed by atoms with Gasteiger partial charge in [0.1, 0.15) is 22.3 Å². The molecule has 1 N–H and O–H groups in total. The van der Waals surface area contributed by atoms with E-state index in [4.69, 9.17) is 0 Å². The lowest BCUT2D eigenvalue weighted by Gasteiger charge is -2.34. The summed E-state index contributed by atoms with van der Waals surface area (Å²) in [4.78, 5) is 1.39. The highest BCUT2D eigenvalue weighted by Gasteiger charge is 2.31. The van der Waals surface area contributed by atoms with Crippen LogP contribution in [-0.4, -0.2) is 48.9 Å². The second kappa shape index (κ2) is 7.53. The van der Waals surface area contributed by atoms with Crippen molar-refractivity contribution < 1.29 is 22.3 Å². The molecule has 0 saturated carbocycles. The van der Waals surface area contributed by atoms with Crippen molar-refractivity contribution in [1.29, 1.82) is 0 Å². The van der Waals surface area contributed by atoms with Crippen molar-refractivity contribution in [2.45, 2.75) is 25.3 Å². The van der Waals surface area contributed by atoms with Gasteiger partial charge in [-0.2, -0.15) is 4.31 Å². The second-order valence-electron chi connectivity index (χ2n) is 6.82. The minimum Gasteiger partial charge on any atom is -0.508 e. The summed E-state index contributed by atoms with van der Waals surface area (Å²) in [7, 11) is -4.09. The minimum absolute atomic E-state index is 0.171. The Bertz CT molecular complexity index is 956. The molecule has 1 aliphatic heterocycles. The van der Waals surface area contributed by atoms with Crippen molar-refractivity contribution in [1.82, 2.24) is 9.21 Å². The van der Waals surface area contributed by atoms with E-state index in [1.54, 1.807) is 6.07 Å². The SMILES string of the molecule is Cc1cc(O)c(CN2CCN(S(=O)(=O)c3cc(F)ccc3F)CC2)cc1C. The van der Waals surface area contributed by atoms with Gasteiger partial charge in [0.05, 0.1) is 0 Å². The van der Waals surface area contributed by atoms with Crippen LogP contribution in [0.4, 0.5) is 8.78 Å². The monoisotopic (exact) mass is 396 g/mol. The first-order valence-electron chi connectivity index (χ1n) is 8.65. The molecular formula is C19H22F2N2O3S. The molecule has 2 aromatic rings. The molecule has 3 rings (SSSR count). The summed E-state index contributed by atoms with van der Waals surface area (Å²) in [6.45, 7) is 5.60. The molecule has 5 nitrogen and oxygen atoms in total. The molecule has 0 aromatic heterocycles. The third-order valence-corrected chi connectivity index (χ3v) is 6.84. The van der Waals surface area contributed by atoms with Crippen LogP contribution in [0.5, 0.6) is 5.75 Å². The highest BCUT2D eigenvalue weighted by atomic mass is 32.2. The van der Waals surface area contributed by atoms with E-state index in [0.29, 0.717) is 25.7 Å². The number of rotatable bonds is 4. The van der Waals surface area contributed by atoms with Gasteiger partial charge < -0.3 is 5.11 Å². The van der Waals surface area contributed by atoms with E-state index in [1.165, 1.54) is 4.31 Å². The van der Waals surface area contributed by atoms with E-state index in [-0.39, 0.29) is 18.8 Å². The highest BCUT2D eigenvalue weighted by molar-refractivity contribution is 7.89. The second-order valence-corrected chi connectivity index (χ2v) is 8.73. The number of phenolic OH excluding ortho intramolecular Hbond substituents is 1. The molecule has 0 radical (unpaired) electrons. The van der Waals surface area contributed by atoms with E-state index in [2.05, 4.69) is 0 Å². The number of hydrogen-bond donors (Lipinski definition) is 1.